The van der Waals surface area contributed by atoms with E-state index in [4.69, 9.17) is 14.8 Å². The molecule has 286 valence electrons. The monoisotopic (exact) mass is 754 g/mol. The van der Waals surface area contributed by atoms with E-state index in [2.05, 4.69) is 174 Å². The number of furan rings is 1. The molecule has 1 N–H and O–H groups in total. The van der Waals surface area contributed by atoms with Gasteiger partial charge in [-0.25, -0.2) is 0 Å². The first-order valence-corrected chi connectivity index (χ1v) is 20.2. The summed E-state index contributed by atoms with van der Waals surface area (Å²) in [5.74, 6) is 0. The molecular formula is C55H50N2O. The predicted octanol–water partition coefficient (Wildman–Crippen LogP) is 14.8. The zero-order valence-corrected chi connectivity index (χ0v) is 34.2. The number of benzene rings is 6. The smallest absolute Gasteiger partial charge is 0.136 e. The van der Waals surface area contributed by atoms with Crippen molar-refractivity contribution in [2.45, 2.75) is 59.4 Å². The highest BCUT2D eigenvalue weighted by atomic mass is 16.3. The lowest BCUT2D eigenvalue weighted by atomic mass is 9.79. The van der Waals surface area contributed by atoms with E-state index < -0.39 is 0 Å². The fourth-order valence-corrected chi connectivity index (χ4v) is 9.42. The molecule has 3 aliphatic carbocycles. The van der Waals surface area contributed by atoms with Gasteiger partial charge < -0.3 is 9.83 Å². The van der Waals surface area contributed by atoms with Crippen LogP contribution >= 0.6 is 0 Å². The van der Waals surface area contributed by atoms with Gasteiger partial charge in [-0.1, -0.05) is 147 Å². The molecule has 0 unspecified atom stereocenters. The first kappa shape index (κ1) is 38.3. The molecule has 6 aromatic carbocycles. The molecule has 0 saturated carbocycles. The van der Waals surface area contributed by atoms with Crippen LogP contribution in [0.1, 0.15) is 78.6 Å². The topological polar surface area (TPSA) is 49.4 Å². The lowest BCUT2D eigenvalue weighted by molar-refractivity contribution is 0.649. The molecule has 1 aromatic heterocycles. The largest absolute Gasteiger partial charge is 0.456 e. The molecule has 1 heterocycles. The Morgan fingerprint density at radius 2 is 1.60 bits per heavy atom. The number of allylic oxidation sites excluding steroid dienone is 9. The molecule has 0 amide bonds. The Morgan fingerprint density at radius 1 is 0.793 bits per heavy atom. The Kier molecular flexibility index (Phi) is 10.6. The maximum Gasteiger partial charge on any atom is 0.136 e. The van der Waals surface area contributed by atoms with Gasteiger partial charge in [0.25, 0.3) is 0 Å². The summed E-state index contributed by atoms with van der Waals surface area (Å²) in [6.45, 7) is 14.3. The van der Waals surface area contributed by atoms with Crippen LogP contribution in [0.15, 0.2) is 161 Å². The number of fused-ring (bicyclic) bond motifs is 4. The average Bonchev–Trinajstić information content (AvgIpc) is 3.73. The van der Waals surface area contributed by atoms with Crippen LogP contribution in [0, 0.1) is 12.3 Å². The second-order valence-corrected chi connectivity index (χ2v) is 15.8. The van der Waals surface area contributed by atoms with Crippen molar-refractivity contribution in [2.24, 2.45) is 4.99 Å². The molecule has 3 nitrogen and oxygen atoms in total. The molecular weight excluding hydrogens is 705 g/mol. The number of hydrogen-bond donors (Lipinski definition) is 1. The third kappa shape index (κ3) is 6.81. The number of rotatable bonds is 6. The van der Waals surface area contributed by atoms with E-state index in [9.17, 15) is 0 Å². The van der Waals surface area contributed by atoms with Gasteiger partial charge in [-0.2, -0.15) is 0 Å². The predicted molar refractivity (Wildman–Crippen MR) is 250 cm³/mol. The van der Waals surface area contributed by atoms with Gasteiger partial charge in [-0.05, 0) is 136 Å². The summed E-state index contributed by atoms with van der Waals surface area (Å²) in [6, 6.07) is 39.0. The molecule has 0 atom stereocenters. The maximum absolute atomic E-state index is 6.28. The highest BCUT2D eigenvalue weighted by Gasteiger charge is 2.35. The molecule has 0 saturated heterocycles. The van der Waals surface area contributed by atoms with Gasteiger partial charge in [0.15, 0.2) is 0 Å². The zero-order chi connectivity index (χ0) is 40.4. The van der Waals surface area contributed by atoms with Crippen molar-refractivity contribution in [3.63, 3.8) is 0 Å². The molecule has 58 heavy (non-hydrogen) atoms. The summed E-state index contributed by atoms with van der Waals surface area (Å²) < 4.78 is 6.28. The second kappa shape index (κ2) is 16.1. The fraction of sp³-hybridized carbons (Fsp3) is 0.164. The Morgan fingerprint density at radius 3 is 2.41 bits per heavy atom. The van der Waals surface area contributed by atoms with Gasteiger partial charge in [-0.15, -0.1) is 0 Å². The van der Waals surface area contributed by atoms with E-state index >= 15 is 0 Å². The summed E-state index contributed by atoms with van der Waals surface area (Å²) in [5, 5.41) is 10.5. The molecule has 10 rings (SSSR count). The SMILES string of the molecule is C/C=C\C=C/C1=C(C)c2cccc(C)c2C1(C)C.C1=Cc2ccc3ccc(-c4ccc5oc6cccc(C=NCc7ccccc7)c6c5c4)c4c3c2C(=CC4)C1.C=N. The lowest BCUT2D eigenvalue weighted by Gasteiger charge is -2.25. The molecule has 0 spiro atoms. The molecule has 0 bridgehead atoms. The van der Waals surface area contributed by atoms with Crippen LogP contribution in [-0.4, -0.2) is 12.9 Å². The summed E-state index contributed by atoms with van der Waals surface area (Å²) in [6.07, 6.45) is 19.5. The average molecular weight is 755 g/mol. The van der Waals surface area contributed by atoms with Crippen molar-refractivity contribution in [3.05, 3.63) is 196 Å². The van der Waals surface area contributed by atoms with Gasteiger partial charge >= 0.3 is 0 Å². The molecule has 3 aliphatic rings. The van der Waals surface area contributed by atoms with E-state index in [1.807, 2.05) is 25.3 Å². The van der Waals surface area contributed by atoms with Gasteiger partial charge in [0.05, 0.1) is 6.54 Å². The highest BCUT2D eigenvalue weighted by Crippen LogP contribution is 2.48. The van der Waals surface area contributed by atoms with Crippen molar-refractivity contribution in [3.8, 4) is 11.1 Å². The minimum Gasteiger partial charge on any atom is -0.456 e. The molecule has 7 aromatic rings. The number of nitrogens with one attached hydrogen (secondary N) is 1. The maximum atomic E-state index is 6.28. The number of aryl methyl sites for hydroxylation is 1. The number of hydrogen-bond acceptors (Lipinski definition) is 3. The Hall–Kier alpha value is -6.58. The minimum absolute atomic E-state index is 0.114. The lowest BCUT2D eigenvalue weighted by Crippen LogP contribution is -2.17. The van der Waals surface area contributed by atoms with Gasteiger partial charge in [0, 0.05) is 28.0 Å². The van der Waals surface area contributed by atoms with Crippen molar-refractivity contribution < 1.29 is 4.42 Å². The van der Waals surface area contributed by atoms with Gasteiger partial charge in [0.2, 0.25) is 0 Å². The summed E-state index contributed by atoms with van der Waals surface area (Å²) in [4.78, 5) is 4.76. The van der Waals surface area contributed by atoms with Crippen LogP contribution in [-0.2, 0) is 18.4 Å². The first-order valence-electron chi connectivity index (χ1n) is 20.2. The van der Waals surface area contributed by atoms with Crippen LogP contribution in [0.25, 0.3) is 61.1 Å². The Bertz CT molecular complexity index is 2890. The van der Waals surface area contributed by atoms with Crippen LogP contribution in [0.2, 0.25) is 0 Å². The zero-order valence-electron chi connectivity index (χ0n) is 34.2. The number of nitrogens with zero attached hydrogens (tertiary/aromatic N) is 1. The normalized spacial score (nSPS) is 14.9. The summed E-state index contributed by atoms with van der Waals surface area (Å²) in [5.41, 5.74) is 19.6. The third-order valence-corrected chi connectivity index (χ3v) is 12.0. The summed E-state index contributed by atoms with van der Waals surface area (Å²) in [7, 11) is 0. The van der Waals surface area contributed by atoms with Crippen LogP contribution in [0.4, 0.5) is 0 Å². The fourth-order valence-electron chi connectivity index (χ4n) is 9.42. The van der Waals surface area contributed by atoms with Crippen LogP contribution < -0.4 is 0 Å². The third-order valence-electron chi connectivity index (χ3n) is 12.0. The van der Waals surface area contributed by atoms with Crippen molar-refractivity contribution >= 4 is 62.9 Å². The van der Waals surface area contributed by atoms with E-state index in [-0.39, 0.29) is 5.41 Å². The molecule has 0 radical (unpaired) electrons. The quantitative estimate of drug-likeness (QED) is 0.133. The van der Waals surface area contributed by atoms with Crippen LogP contribution in [0.5, 0.6) is 0 Å². The second-order valence-electron chi connectivity index (χ2n) is 15.8. The van der Waals surface area contributed by atoms with E-state index in [0.29, 0.717) is 6.54 Å². The van der Waals surface area contributed by atoms with E-state index in [0.717, 1.165) is 40.3 Å². The van der Waals surface area contributed by atoms with Gasteiger partial charge in [0.1, 0.15) is 11.2 Å². The van der Waals surface area contributed by atoms with E-state index in [1.165, 1.54) is 77.6 Å². The van der Waals surface area contributed by atoms with Crippen molar-refractivity contribution in [1.29, 1.82) is 5.41 Å². The Labute approximate surface area is 342 Å². The van der Waals surface area contributed by atoms with Crippen molar-refractivity contribution in [2.75, 3.05) is 0 Å². The molecule has 0 fully saturated rings. The standard InChI is InChI=1S/C36H25NO.C18H22.CH3N/c1-2-6-23(7-3-1)21-37-22-28-10-5-11-33-35(28)31-20-27(16-19-32(31)38-33)29-17-14-26-13-12-24-8-4-9-25-15-18-30(29)36(26)34(24)25;1-6-7-8-12-16-14(3)15-11-9-10-13(2)17(15)18(16,4)5;1-2/h1-8,10-17,19-20,22H,9,18,21H2;6-12H,1-5H3;2H,1H2/b;7-6-,12-8-;. The minimum atomic E-state index is 0.114. The first-order chi connectivity index (χ1) is 28.3. The molecule has 0 aliphatic heterocycles. The Balaban J connectivity index is 0.000000198. The summed E-state index contributed by atoms with van der Waals surface area (Å²) >= 11 is 0. The van der Waals surface area contributed by atoms with Crippen molar-refractivity contribution in [1.82, 2.24) is 0 Å². The highest BCUT2D eigenvalue weighted by molar-refractivity contribution is 6.14. The van der Waals surface area contributed by atoms with E-state index in [1.54, 1.807) is 0 Å². The van der Waals surface area contributed by atoms with Gasteiger partial charge in [-0.3, -0.25) is 4.99 Å². The molecule has 3 heteroatoms. The number of aliphatic imine (C=N–C) groups is 1. The van der Waals surface area contributed by atoms with Crippen LogP contribution in [0.3, 0.4) is 0 Å².